The second-order valence-corrected chi connectivity index (χ2v) is 16.0. The van der Waals surface area contributed by atoms with E-state index in [0.29, 0.717) is 13.0 Å². The summed E-state index contributed by atoms with van der Waals surface area (Å²) in [5, 5.41) is 0. The molecule has 0 aliphatic heterocycles. The lowest BCUT2D eigenvalue weighted by Crippen LogP contribution is -2.28. The Morgan fingerprint density at radius 2 is 1.00 bits per heavy atom. The van der Waals surface area contributed by atoms with Gasteiger partial charge in [-0.15, -0.1) is 0 Å². The Labute approximate surface area is 327 Å². The molecular formula is C44H84NO7P. The molecule has 3 N–H and O–H groups in total. The Kier molecular flexibility index (Phi) is 40.9. The van der Waals surface area contributed by atoms with Gasteiger partial charge in [0.2, 0.25) is 0 Å². The number of phosphoric acid groups is 1. The number of nitrogens with two attached hydrogens (primary N) is 1. The number of rotatable bonds is 42. The minimum atomic E-state index is -4.27. The van der Waals surface area contributed by atoms with Crippen LogP contribution in [0.15, 0.2) is 36.5 Å². The predicted octanol–water partition coefficient (Wildman–Crippen LogP) is 13.0. The van der Waals surface area contributed by atoms with Gasteiger partial charge in [0.1, 0.15) is 6.10 Å². The number of phosphoric ester groups is 1. The third-order valence-electron chi connectivity index (χ3n) is 9.31. The van der Waals surface area contributed by atoms with Gasteiger partial charge in [0.05, 0.1) is 19.8 Å². The lowest BCUT2D eigenvalue weighted by Gasteiger charge is -2.20. The highest BCUT2D eigenvalue weighted by Gasteiger charge is 2.25. The first-order chi connectivity index (χ1) is 25.9. The standard InChI is InChI=1S/C44H84NO7P/c1-3-5-7-9-11-13-15-16-17-18-19-20-21-22-23-24-25-26-27-29-31-33-35-37-44(46)52-43(42-51-53(47,48)50-40-38-45)41-49-39-36-34-32-30-28-14-12-10-8-6-4-2/h15-16,18-19,21-22,43H,3-14,17,20,23-42,45H2,1-2H3,(H,47,48)/b16-15-,19-18-,22-21-. The first-order valence-corrected chi connectivity index (χ1v) is 23.5. The molecule has 0 spiro atoms. The van der Waals surface area contributed by atoms with Crippen molar-refractivity contribution in [3.8, 4) is 0 Å². The van der Waals surface area contributed by atoms with Crippen LogP contribution in [0, 0.1) is 0 Å². The van der Waals surface area contributed by atoms with Crippen LogP contribution >= 0.6 is 7.82 Å². The van der Waals surface area contributed by atoms with E-state index in [2.05, 4.69) is 50.3 Å². The van der Waals surface area contributed by atoms with Crippen LogP contribution in [-0.2, 0) is 27.9 Å². The number of esters is 1. The zero-order valence-corrected chi connectivity index (χ0v) is 35.4. The molecular weight excluding hydrogens is 685 g/mol. The highest BCUT2D eigenvalue weighted by atomic mass is 31.2. The van der Waals surface area contributed by atoms with E-state index in [0.717, 1.165) is 51.4 Å². The fourth-order valence-electron chi connectivity index (χ4n) is 6.06. The lowest BCUT2D eigenvalue weighted by atomic mass is 10.1. The van der Waals surface area contributed by atoms with Gasteiger partial charge < -0.3 is 20.1 Å². The van der Waals surface area contributed by atoms with Gasteiger partial charge in [-0.2, -0.15) is 0 Å². The van der Waals surface area contributed by atoms with E-state index in [1.54, 1.807) is 0 Å². The number of hydrogen-bond donors (Lipinski definition) is 2. The SMILES string of the molecule is CCCCCCC/C=C\C/C=C\C/C=C\CCCCCCCCCCC(=O)OC(COCCCCCCCCCCCCC)COP(=O)(O)OCCN. The van der Waals surface area contributed by atoms with Crippen LogP contribution in [-0.4, -0.2) is 49.9 Å². The average Bonchev–Trinajstić information content (AvgIpc) is 3.15. The highest BCUT2D eigenvalue weighted by molar-refractivity contribution is 7.47. The van der Waals surface area contributed by atoms with Gasteiger partial charge in [0.15, 0.2) is 0 Å². The fourth-order valence-corrected chi connectivity index (χ4v) is 6.83. The summed E-state index contributed by atoms with van der Waals surface area (Å²) in [6, 6.07) is 0. The molecule has 0 bridgehead atoms. The first-order valence-electron chi connectivity index (χ1n) is 22.0. The van der Waals surface area contributed by atoms with E-state index in [9.17, 15) is 14.3 Å². The summed E-state index contributed by atoms with van der Waals surface area (Å²) >= 11 is 0. The molecule has 0 aliphatic carbocycles. The highest BCUT2D eigenvalue weighted by Crippen LogP contribution is 2.43. The Bertz CT molecular complexity index is 910. The lowest BCUT2D eigenvalue weighted by molar-refractivity contribution is -0.154. The zero-order chi connectivity index (χ0) is 38.8. The molecule has 2 atom stereocenters. The normalized spacial score (nSPS) is 13.8. The monoisotopic (exact) mass is 770 g/mol. The molecule has 53 heavy (non-hydrogen) atoms. The maximum Gasteiger partial charge on any atom is 0.472 e. The molecule has 0 rings (SSSR count). The number of ether oxygens (including phenoxy) is 2. The first kappa shape index (κ1) is 51.7. The van der Waals surface area contributed by atoms with Crippen molar-refractivity contribution in [3.63, 3.8) is 0 Å². The van der Waals surface area contributed by atoms with E-state index in [1.807, 2.05) is 0 Å². The summed E-state index contributed by atoms with van der Waals surface area (Å²) in [6.07, 6.45) is 47.3. The third kappa shape index (κ3) is 41.7. The molecule has 0 heterocycles. The van der Waals surface area contributed by atoms with Crippen LogP contribution < -0.4 is 5.73 Å². The largest absolute Gasteiger partial charge is 0.472 e. The predicted molar refractivity (Wildman–Crippen MR) is 224 cm³/mol. The van der Waals surface area contributed by atoms with E-state index in [1.165, 1.54) is 128 Å². The summed E-state index contributed by atoms with van der Waals surface area (Å²) in [6.45, 7) is 4.91. The van der Waals surface area contributed by atoms with Crippen molar-refractivity contribution in [2.75, 3.05) is 33.0 Å². The third-order valence-corrected chi connectivity index (χ3v) is 10.3. The van der Waals surface area contributed by atoms with E-state index >= 15 is 0 Å². The number of carbonyl (C=O) groups is 1. The fraction of sp³-hybridized carbons (Fsp3) is 0.841. The van der Waals surface area contributed by atoms with Gasteiger partial charge >= 0.3 is 13.8 Å². The summed E-state index contributed by atoms with van der Waals surface area (Å²) in [7, 11) is -4.27. The zero-order valence-electron chi connectivity index (χ0n) is 34.5. The maximum absolute atomic E-state index is 12.6. The van der Waals surface area contributed by atoms with Gasteiger partial charge in [0, 0.05) is 19.6 Å². The molecule has 0 saturated heterocycles. The van der Waals surface area contributed by atoms with Gasteiger partial charge in [0.25, 0.3) is 0 Å². The number of carbonyl (C=O) groups excluding carboxylic acids is 1. The second kappa shape index (κ2) is 41.9. The summed E-state index contributed by atoms with van der Waals surface area (Å²) in [4.78, 5) is 22.5. The molecule has 2 unspecified atom stereocenters. The maximum atomic E-state index is 12.6. The van der Waals surface area contributed by atoms with Crippen molar-refractivity contribution in [3.05, 3.63) is 36.5 Å². The minimum Gasteiger partial charge on any atom is -0.457 e. The van der Waals surface area contributed by atoms with Crippen LogP contribution in [0.4, 0.5) is 0 Å². The summed E-state index contributed by atoms with van der Waals surface area (Å²) in [5.41, 5.74) is 5.36. The van der Waals surface area contributed by atoms with E-state index in [-0.39, 0.29) is 32.3 Å². The number of unbranched alkanes of at least 4 members (excludes halogenated alkanes) is 23. The van der Waals surface area contributed by atoms with E-state index in [4.69, 9.17) is 24.3 Å². The molecule has 0 amide bonds. The van der Waals surface area contributed by atoms with Crippen molar-refractivity contribution in [2.24, 2.45) is 5.73 Å². The van der Waals surface area contributed by atoms with Crippen molar-refractivity contribution >= 4 is 13.8 Å². The van der Waals surface area contributed by atoms with Crippen molar-refractivity contribution in [2.45, 2.75) is 206 Å². The molecule has 0 fully saturated rings. The van der Waals surface area contributed by atoms with Crippen LogP contribution in [0.2, 0.25) is 0 Å². The smallest absolute Gasteiger partial charge is 0.457 e. The second-order valence-electron chi connectivity index (χ2n) is 14.6. The minimum absolute atomic E-state index is 0.0963. The molecule has 0 aromatic heterocycles. The molecule has 312 valence electrons. The molecule has 0 radical (unpaired) electrons. The molecule has 0 aromatic carbocycles. The Hall–Kier alpha value is -1.28. The van der Waals surface area contributed by atoms with Gasteiger partial charge in [-0.3, -0.25) is 13.8 Å². The number of allylic oxidation sites excluding steroid dienone is 6. The van der Waals surface area contributed by atoms with Crippen LogP contribution in [0.1, 0.15) is 200 Å². The van der Waals surface area contributed by atoms with E-state index < -0.39 is 13.9 Å². The Morgan fingerprint density at radius 3 is 1.49 bits per heavy atom. The molecule has 0 aromatic rings. The quantitative estimate of drug-likeness (QED) is 0.0273. The molecule has 8 nitrogen and oxygen atoms in total. The van der Waals surface area contributed by atoms with Gasteiger partial charge in [-0.25, -0.2) is 4.57 Å². The molecule has 0 aliphatic rings. The van der Waals surface area contributed by atoms with Crippen LogP contribution in [0.25, 0.3) is 0 Å². The summed E-state index contributed by atoms with van der Waals surface area (Å²) in [5.74, 6) is -0.337. The topological polar surface area (TPSA) is 117 Å². The average molecular weight is 770 g/mol. The number of hydrogen-bond acceptors (Lipinski definition) is 7. The molecule has 0 saturated carbocycles. The van der Waals surface area contributed by atoms with Crippen molar-refractivity contribution in [1.82, 2.24) is 0 Å². The Balaban J connectivity index is 3.98. The van der Waals surface area contributed by atoms with Crippen molar-refractivity contribution in [1.29, 1.82) is 0 Å². The van der Waals surface area contributed by atoms with Gasteiger partial charge in [-0.05, 0) is 51.4 Å². The van der Waals surface area contributed by atoms with Crippen LogP contribution in [0.3, 0.4) is 0 Å². The van der Waals surface area contributed by atoms with Crippen molar-refractivity contribution < 1.29 is 32.8 Å². The van der Waals surface area contributed by atoms with Crippen LogP contribution in [0.5, 0.6) is 0 Å². The summed E-state index contributed by atoms with van der Waals surface area (Å²) < 4.78 is 33.4. The molecule has 9 heteroatoms. The Morgan fingerprint density at radius 1 is 0.566 bits per heavy atom. The van der Waals surface area contributed by atoms with Gasteiger partial charge in [-0.1, -0.05) is 179 Å².